The average Bonchev–Trinajstić information content (AvgIpc) is 3.17. The van der Waals surface area contributed by atoms with E-state index in [-0.39, 0.29) is 17.9 Å². The van der Waals surface area contributed by atoms with E-state index < -0.39 is 17.0 Å². The number of carbonyl (C=O) groups excluding carboxylic acids is 1. The minimum Gasteiger partial charge on any atom is -0.458 e. The van der Waals surface area contributed by atoms with E-state index in [2.05, 4.69) is 10.1 Å². The Labute approximate surface area is 165 Å². The number of esters is 1. The van der Waals surface area contributed by atoms with Crippen molar-refractivity contribution < 1.29 is 23.4 Å². The van der Waals surface area contributed by atoms with E-state index in [1.165, 1.54) is 18.2 Å². The lowest BCUT2D eigenvalue weighted by molar-refractivity contribution is -0.386. The first-order valence-electron chi connectivity index (χ1n) is 8.95. The van der Waals surface area contributed by atoms with Crippen molar-refractivity contribution in [1.29, 1.82) is 0 Å². The smallest absolute Gasteiger partial charge is 0.306 e. The first-order valence-corrected chi connectivity index (χ1v) is 8.95. The van der Waals surface area contributed by atoms with Crippen molar-refractivity contribution >= 4 is 11.7 Å². The van der Waals surface area contributed by atoms with Crippen molar-refractivity contribution in [3.05, 3.63) is 75.9 Å². The average molecular weight is 399 g/mol. The summed E-state index contributed by atoms with van der Waals surface area (Å²) in [7, 11) is 0. The molecule has 3 rings (SSSR count). The van der Waals surface area contributed by atoms with Gasteiger partial charge < -0.3 is 9.26 Å². The number of halogens is 1. The minimum absolute atomic E-state index is 0.0908. The molecule has 0 amide bonds. The molecule has 9 heteroatoms. The van der Waals surface area contributed by atoms with Gasteiger partial charge in [0.25, 0.3) is 5.69 Å². The third-order valence-corrected chi connectivity index (χ3v) is 4.22. The molecule has 0 saturated heterocycles. The molecule has 0 spiro atoms. The van der Waals surface area contributed by atoms with Crippen LogP contribution in [0.2, 0.25) is 0 Å². The van der Waals surface area contributed by atoms with Crippen LogP contribution in [-0.2, 0) is 16.0 Å². The number of carbonyl (C=O) groups is 1. The second kappa shape index (κ2) is 9.05. The fourth-order valence-corrected chi connectivity index (χ4v) is 2.77. The maximum absolute atomic E-state index is 13.0. The first kappa shape index (κ1) is 20.1. The molecule has 2 aromatic carbocycles. The van der Waals surface area contributed by atoms with Gasteiger partial charge in [-0.25, -0.2) is 4.39 Å². The number of benzene rings is 2. The van der Waals surface area contributed by atoms with Gasteiger partial charge in [-0.1, -0.05) is 17.3 Å². The van der Waals surface area contributed by atoms with E-state index in [0.29, 0.717) is 35.7 Å². The molecule has 1 heterocycles. The second-order valence-corrected chi connectivity index (χ2v) is 6.32. The lowest BCUT2D eigenvalue weighted by Gasteiger charge is -2.13. The molecular weight excluding hydrogens is 381 g/mol. The largest absolute Gasteiger partial charge is 0.458 e. The summed E-state index contributed by atoms with van der Waals surface area (Å²) in [6, 6.07) is 11.8. The minimum atomic E-state index is -0.738. The van der Waals surface area contributed by atoms with Crippen LogP contribution in [0.15, 0.2) is 53.1 Å². The number of hydrogen-bond donors (Lipinski definition) is 0. The van der Waals surface area contributed by atoms with E-state index in [4.69, 9.17) is 9.26 Å². The van der Waals surface area contributed by atoms with Crippen LogP contribution in [0.1, 0.15) is 37.3 Å². The van der Waals surface area contributed by atoms with E-state index in [1.54, 1.807) is 37.3 Å². The Bertz CT molecular complexity index is 1000. The Morgan fingerprint density at radius 3 is 2.69 bits per heavy atom. The predicted molar refractivity (Wildman–Crippen MR) is 100 cm³/mol. The van der Waals surface area contributed by atoms with E-state index >= 15 is 0 Å². The third-order valence-electron chi connectivity index (χ3n) is 4.22. The van der Waals surface area contributed by atoms with Gasteiger partial charge >= 0.3 is 5.97 Å². The van der Waals surface area contributed by atoms with E-state index in [0.717, 1.165) is 0 Å². The van der Waals surface area contributed by atoms with Crippen molar-refractivity contribution in [3.8, 4) is 11.4 Å². The highest BCUT2D eigenvalue weighted by atomic mass is 19.1. The number of ether oxygens (including phenoxy) is 1. The van der Waals surface area contributed by atoms with Gasteiger partial charge in [-0.05, 0) is 43.7 Å². The molecule has 0 saturated carbocycles. The van der Waals surface area contributed by atoms with Gasteiger partial charge in [0.15, 0.2) is 0 Å². The van der Waals surface area contributed by atoms with Crippen LogP contribution in [0.5, 0.6) is 0 Å². The zero-order valence-electron chi connectivity index (χ0n) is 15.6. The highest BCUT2D eigenvalue weighted by Gasteiger charge is 2.21. The summed E-state index contributed by atoms with van der Waals surface area (Å²) in [6.45, 7) is 1.59. The fraction of sp³-hybridized carbons (Fsp3) is 0.250. The molecule has 0 aliphatic heterocycles. The summed E-state index contributed by atoms with van der Waals surface area (Å²) in [5, 5.41) is 14.9. The normalized spacial score (nSPS) is 11.8. The van der Waals surface area contributed by atoms with Gasteiger partial charge in [0, 0.05) is 24.5 Å². The van der Waals surface area contributed by atoms with Gasteiger partial charge in [0.2, 0.25) is 11.7 Å². The highest BCUT2D eigenvalue weighted by molar-refractivity contribution is 5.69. The number of hydrogen-bond acceptors (Lipinski definition) is 7. The number of aromatic nitrogens is 2. The first-order chi connectivity index (χ1) is 13.9. The number of nitro groups is 1. The van der Waals surface area contributed by atoms with Crippen molar-refractivity contribution in [1.82, 2.24) is 10.1 Å². The van der Waals surface area contributed by atoms with Crippen LogP contribution in [0, 0.1) is 15.9 Å². The second-order valence-electron chi connectivity index (χ2n) is 6.32. The van der Waals surface area contributed by atoms with Crippen LogP contribution in [0.4, 0.5) is 10.1 Å². The number of nitrogens with zero attached hydrogens (tertiary/aromatic N) is 3. The van der Waals surface area contributed by atoms with Gasteiger partial charge in [-0.2, -0.15) is 4.98 Å². The third kappa shape index (κ3) is 5.22. The highest BCUT2D eigenvalue weighted by Crippen LogP contribution is 2.27. The SMILES string of the molecule is C[C@@H](OC(=O)CCCc1nc(-c2ccc(F)cc2)no1)c1ccccc1[N+](=O)[O-]. The standard InChI is InChI=1S/C20H18FN3O5/c1-13(16-5-2-3-6-17(16)24(26)27)28-19(25)8-4-7-18-22-20(23-29-18)14-9-11-15(21)12-10-14/h2-3,5-6,9-13H,4,7-8H2,1H3/t13-/m1/s1. The van der Waals surface area contributed by atoms with Crippen molar-refractivity contribution in [2.24, 2.45) is 0 Å². The van der Waals surface area contributed by atoms with E-state index in [1.807, 2.05) is 0 Å². The summed E-state index contributed by atoms with van der Waals surface area (Å²) < 4.78 is 23.4. The van der Waals surface area contributed by atoms with Gasteiger partial charge in [0.05, 0.1) is 10.5 Å². The van der Waals surface area contributed by atoms with Crippen molar-refractivity contribution in [2.45, 2.75) is 32.3 Å². The molecule has 3 aromatic rings. The molecule has 0 N–H and O–H groups in total. The summed E-state index contributed by atoms with van der Waals surface area (Å²) in [6.07, 6.45) is 0.133. The quantitative estimate of drug-likeness (QED) is 0.313. The number of para-hydroxylation sites is 1. The van der Waals surface area contributed by atoms with Crippen LogP contribution in [0.3, 0.4) is 0 Å². The Kier molecular flexibility index (Phi) is 6.28. The molecule has 0 aliphatic rings. The van der Waals surface area contributed by atoms with Crippen molar-refractivity contribution in [2.75, 3.05) is 0 Å². The number of aryl methyl sites for hydroxylation is 1. The Morgan fingerprint density at radius 1 is 1.24 bits per heavy atom. The molecule has 0 fully saturated rings. The zero-order chi connectivity index (χ0) is 20.8. The Hall–Kier alpha value is -3.62. The van der Waals surface area contributed by atoms with Crippen LogP contribution in [-0.4, -0.2) is 21.0 Å². The summed E-state index contributed by atoms with van der Waals surface area (Å²) in [5.74, 6) is -0.142. The van der Waals surface area contributed by atoms with Crippen LogP contribution < -0.4 is 0 Å². The Morgan fingerprint density at radius 2 is 1.97 bits per heavy atom. The summed E-state index contributed by atoms with van der Waals surface area (Å²) in [5.41, 5.74) is 0.873. The zero-order valence-corrected chi connectivity index (χ0v) is 15.6. The molecule has 1 atom stereocenters. The van der Waals surface area contributed by atoms with Crippen LogP contribution >= 0.6 is 0 Å². The van der Waals surface area contributed by atoms with Gasteiger partial charge in [0.1, 0.15) is 11.9 Å². The topological polar surface area (TPSA) is 108 Å². The monoisotopic (exact) mass is 399 g/mol. The maximum Gasteiger partial charge on any atom is 0.306 e. The molecule has 1 aromatic heterocycles. The molecule has 8 nitrogen and oxygen atoms in total. The fourth-order valence-electron chi connectivity index (χ4n) is 2.77. The predicted octanol–water partition coefficient (Wildman–Crippen LogP) is 4.41. The molecule has 150 valence electrons. The lowest BCUT2D eigenvalue weighted by Crippen LogP contribution is -2.10. The van der Waals surface area contributed by atoms with Gasteiger partial charge in [-0.3, -0.25) is 14.9 Å². The van der Waals surface area contributed by atoms with Crippen LogP contribution in [0.25, 0.3) is 11.4 Å². The molecular formula is C20H18FN3O5. The molecule has 0 radical (unpaired) electrons. The molecule has 0 unspecified atom stereocenters. The van der Waals surface area contributed by atoms with Crippen molar-refractivity contribution in [3.63, 3.8) is 0 Å². The molecule has 0 bridgehead atoms. The molecule has 0 aliphatic carbocycles. The Balaban J connectivity index is 1.50. The number of nitro benzene ring substituents is 1. The molecule has 29 heavy (non-hydrogen) atoms. The number of rotatable bonds is 8. The van der Waals surface area contributed by atoms with E-state index in [9.17, 15) is 19.3 Å². The maximum atomic E-state index is 13.0. The summed E-state index contributed by atoms with van der Waals surface area (Å²) in [4.78, 5) is 26.9. The lowest BCUT2D eigenvalue weighted by atomic mass is 10.1. The van der Waals surface area contributed by atoms with Gasteiger partial charge in [-0.15, -0.1) is 0 Å². The summed E-state index contributed by atoms with van der Waals surface area (Å²) >= 11 is 0.